The molecule has 5 heteroatoms. The highest BCUT2D eigenvalue weighted by Gasteiger charge is 2.15. The molecule has 0 aliphatic rings. The van der Waals surface area contributed by atoms with E-state index in [2.05, 4.69) is 25.9 Å². The van der Waals surface area contributed by atoms with Crippen LogP contribution < -0.4 is 5.56 Å². The summed E-state index contributed by atoms with van der Waals surface area (Å²) in [6.07, 6.45) is 1.39. The van der Waals surface area contributed by atoms with Crippen LogP contribution in [0.5, 0.6) is 0 Å². The zero-order valence-electron chi connectivity index (χ0n) is 9.84. The maximum atomic E-state index is 11.6. The number of hydrogen-bond acceptors (Lipinski definition) is 3. The largest absolute Gasteiger partial charge is 0.371 e. The average molecular weight is 289 g/mol. The minimum Gasteiger partial charge on any atom is -0.371 e. The van der Waals surface area contributed by atoms with Crippen LogP contribution in [0.2, 0.25) is 0 Å². The van der Waals surface area contributed by atoms with Crippen molar-refractivity contribution in [1.29, 1.82) is 0 Å². The molecule has 0 fully saturated rings. The molecule has 1 rings (SSSR count). The van der Waals surface area contributed by atoms with E-state index < -0.39 is 0 Å². The third-order valence-electron chi connectivity index (χ3n) is 2.33. The molecule has 1 heterocycles. The molecule has 0 aliphatic heterocycles. The first kappa shape index (κ1) is 13.4. The minimum atomic E-state index is -0.139. The summed E-state index contributed by atoms with van der Waals surface area (Å²) in [5.41, 5.74) is 0.636. The Hall–Kier alpha value is -0.680. The van der Waals surface area contributed by atoms with E-state index in [0.29, 0.717) is 16.9 Å². The maximum absolute atomic E-state index is 11.6. The first-order chi connectivity index (χ1) is 7.63. The van der Waals surface area contributed by atoms with E-state index in [-0.39, 0.29) is 11.7 Å². The van der Waals surface area contributed by atoms with Crippen molar-refractivity contribution in [2.75, 3.05) is 6.61 Å². The van der Waals surface area contributed by atoms with Crippen molar-refractivity contribution < 1.29 is 4.74 Å². The lowest BCUT2D eigenvalue weighted by atomic mass is 10.2. The second-order valence-corrected chi connectivity index (χ2v) is 4.21. The zero-order chi connectivity index (χ0) is 12.1. The van der Waals surface area contributed by atoms with E-state index in [1.165, 1.54) is 0 Å². The van der Waals surface area contributed by atoms with E-state index in [1.54, 1.807) is 0 Å². The topological polar surface area (TPSA) is 55.0 Å². The van der Waals surface area contributed by atoms with E-state index in [9.17, 15) is 4.79 Å². The van der Waals surface area contributed by atoms with Crippen LogP contribution >= 0.6 is 15.9 Å². The molecule has 1 unspecified atom stereocenters. The van der Waals surface area contributed by atoms with Crippen molar-refractivity contribution in [3.63, 3.8) is 0 Å². The summed E-state index contributed by atoms with van der Waals surface area (Å²) in [5.74, 6) is 0.620. The fraction of sp³-hybridized carbons (Fsp3) is 0.636. The lowest BCUT2D eigenvalue weighted by Gasteiger charge is -2.15. The summed E-state index contributed by atoms with van der Waals surface area (Å²) in [7, 11) is 0. The molecular formula is C11H17BrN2O2. The number of aryl methyl sites for hydroxylation is 1. The number of rotatable bonds is 5. The highest BCUT2D eigenvalue weighted by Crippen LogP contribution is 2.18. The lowest BCUT2D eigenvalue weighted by molar-refractivity contribution is 0.0531. The summed E-state index contributed by atoms with van der Waals surface area (Å²) in [6.45, 7) is 6.52. The monoisotopic (exact) mass is 288 g/mol. The van der Waals surface area contributed by atoms with Crippen LogP contribution in [0.25, 0.3) is 0 Å². The summed E-state index contributed by atoms with van der Waals surface area (Å²) in [5, 5.41) is 0. The maximum Gasteiger partial charge on any atom is 0.265 e. The molecule has 0 aliphatic carbocycles. The van der Waals surface area contributed by atoms with Gasteiger partial charge in [-0.1, -0.05) is 13.8 Å². The predicted molar refractivity (Wildman–Crippen MR) is 66.6 cm³/mol. The van der Waals surface area contributed by atoms with Gasteiger partial charge in [-0.05, 0) is 35.7 Å². The first-order valence-electron chi connectivity index (χ1n) is 5.54. The molecule has 0 spiro atoms. The van der Waals surface area contributed by atoms with Gasteiger partial charge >= 0.3 is 0 Å². The third kappa shape index (κ3) is 2.92. The molecule has 1 atom stereocenters. The summed E-state index contributed by atoms with van der Waals surface area (Å²) < 4.78 is 6.04. The van der Waals surface area contributed by atoms with Gasteiger partial charge in [0.25, 0.3) is 5.56 Å². The fourth-order valence-electron chi connectivity index (χ4n) is 1.50. The van der Waals surface area contributed by atoms with Crippen molar-refractivity contribution in [3.05, 3.63) is 26.3 Å². The minimum absolute atomic E-state index is 0.129. The molecule has 0 aromatic carbocycles. The Balaban J connectivity index is 3.14. The van der Waals surface area contributed by atoms with Crippen LogP contribution in [0.15, 0.2) is 9.27 Å². The third-order valence-corrected chi connectivity index (χ3v) is 3.15. The highest BCUT2D eigenvalue weighted by atomic mass is 79.9. The average Bonchev–Trinajstić information content (AvgIpc) is 2.29. The smallest absolute Gasteiger partial charge is 0.265 e. The van der Waals surface area contributed by atoms with Gasteiger partial charge in [0.15, 0.2) is 0 Å². The molecule has 0 radical (unpaired) electrons. The van der Waals surface area contributed by atoms with Gasteiger partial charge in [0.2, 0.25) is 0 Å². The zero-order valence-corrected chi connectivity index (χ0v) is 11.4. The van der Waals surface area contributed by atoms with Crippen molar-refractivity contribution in [1.82, 2.24) is 9.97 Å². The van der Waals surface area contributed by atoms with Crippen LogP contribution in [0, 0.1) is 0 Å². The molecule has 0 saturated carbocycles. The van der Waals surface area contributed by atoms with Crippen molar-refractivity contribution in [2.45, 2.75) is 39.7 Å². The predicted octanol–water partition coefficient (Wildman–Crippen LogP) is 2.58. The molecule has 90 valence electrons. The number of aromatic nitrogens is 2. The van der Waals surface area contributed by atoms with Gasteiger partial charge in [0, 0.05) is 6.61 Å². The lowest BCUT2D eigenvalue weighted by Crippen LogP contribution is -2.19. The molecule has 0 bridgehead atoms. The van der Waals surface area contributed by atoms with Crippen molar-refractivity contribution in [2.24, 2.45) is 0 Å². The Morgan fingerprint density at radius 2 is 2.12 bits per heavy atom. The number of halogens is 1. The van der Waals surface area contributed by atoms with Gasteiger partial charge in [-0.25, -0.2) is 4.98 Å². The van der Waals surface area contributed by atoms with Crippen LogP contribution in [-0.4, -0.2) is 16.6 Å². The molecule has 16 heavy (non-hydrogen) atoms. The molecule has 4 nitrogen and oxygen atoms in total. The fourth-order valence-corrected chi connectivity index (χ4v) is 1.97. The van der Waals surface area contributed by atoms with Crippen molar-refractivity contribution >= 4 is 15.9 Å². The number of nitrogens with one attached hydrogen (secondary N) is 1. The van der Waals surface area contributed by atoms with Gasteiger partial charge in [-0.2, -0.15) is 0 Å². The van der Waals surface area contributed by atoms with Crippen molar-refractivity contribution in [3.8, 4) is 0 Å². The summed E-state index contributed by atoms with van der Waals surface area (Å²) in [6, 6.07) is 0. The molecule has 1 aromatic rings. The van der Waals surface area contributed by atoms with E-state index >= 15 is 0 Å². The second-order valence-electron chi connectivity index (χ2n) is 3.42. The first-order valence-corrected chi connectivity index (χ1v) is 6.33. The second kappa shape index (κ2) is 6.15. The standard InChI is InChI=1S/C11H17BrN2O2/c1-4-7-9(12)11(15)14-10(13-7)8(5-2)16-6-3/h8H,4-6H2,1-3H3,(H,13,14,15). The normalized spacial score (nSPS) is 12.8. The number of ether oxygens (including phenoxy) is 1. The Bertz CT molecular complexity index is 403. The molecule has 1 N–H and O–H groups in total. The Labute approximate surface area is 104 Å². The quantitative estimate of drug-likeness (QED) is 0.906. The number of aromatic amines is 1. The van der Waals surface area contributed by atoms with Gasteiger partial charge < -0.3 is 9.72 Å². The Morgan fingerprint density at radius 1 is 1.44 bits per heavy atom. The van der Waals surface area contributed by atoms with Crippen LogP contribution in [0.1, 0.15) is 44.8 Å². The summed E-state index contributed by atoms with van der Waals surface area (Å²) in [4.78, 5) is 18.8. The van der Waals surface area contributed by atoms with Gasteiger partial charge in [0.05, 0.1) is 5.69 Å². The molecular weight excluding hydrogens is 272 g/mol. The van der Waals surface area contributed by atoms with Gasteiger partial charge in [-0.15, -0.1) is 0 Å². The van der Waals surface area contributed by atoms with E-state index in [4.69, 9.17) is 4.74 Å². The Morgan fingerprint density at radius 3 is 2.62 bits per heavy atom. The number of hydrogen-bond donors (Lipinski definition) is 1. The van der Waals surface area contributed by atoms with E-state index in [1.807, 2.05) is 20.8 Å². The number of H-pyrrole nitrogens is 1. The van der Waals surface area contributed by atoms with Crippen LogP contribution in [0.4, 0.5) is 0 Å². The van der Waals surface area contributed by atoms with Gasteiger partial charge in [0.1, 0.15) is 16.4 Å². The summed E-state index contributed by atoms with van der Waals surface area (Å²) >= 11 is 3.24. The number of nitrogens with zero attached hydrogens (tertiary/aromatic N) is 1. The van der Waals surface area contributed by atoms with Gasteiger partial charge in [-0.3, -0.25) is 4.79 Å². The van der Waals surface area contributed by atoms with E-state index in [0.717, 1.165) is 18.5 Å². The van der Waals surface area contributed by atoms with Crippen LogP contribution in [-0.2, 0) is 11.2 Å². The SMILES string of the molecule is CCOC(CC)c1nc(CC)c(Br)c(=O)[nH]1. The molecule has 0 amide bonds. The highest BCUT2D eigenvalue weighted by molar-refractivity contribution is 9.10. The van der Waals surface area contributed by atoms with Crippen LogP contribution in [0.3, 0.4) is 0 Å². The molecule has 0 saturated heterocycles. The molecule has 1 aromatic heterocycles. The Kier molecular flexibility index (Phi) is 5.15.